The molecule has 0 aliphatic heterocycles. The van der Waals surface area contributed by atoms with Crippen molar-refractivity contribution >= 4 is 17.3 Å². The second-order valence-electron chi connectivity index (χ2n) is 5.11. The fourth-order valence-corrected chi connectivity index (χ4v) is 2.38. The molecule has 0 aliphatic carbocycles. The van der Waals surface area contributed by atoms with Crippen LogP contribution < -0.4 is 10.2 Å². The number of aromatic nitrogens is 1. The lowest BCUT2D eigenvalue weighted by molar-refractivity contribution is 0.0993. The number of benzene rings is 1. The first kappa shape index (κ1) is 15.0. The fourth-order valence-electron chi connectivity index (χ4n) is 2.38. The molecule has 2 aromatic rings. The van der Waals surface area contributed by atoms with Crippen LogP contribution in [0.4, 0.5) is 11.4 Å². The SMILES string of the molecule is CCNc1ccncc1C(=O)N(C)c1ccc(C)cc1C. The molecule has 1 aromatic carbocycles. The molecule has 0 saturated carbocycles. The Kier molecular flexibility index (Phi) is 4.58. The summed E-state index contributed by atoms with van der Waals surface area (Å²) < 4.78 is 0. The highest BCUT2D eigenvalue weighted by Crippen LogP contribution is 2.23. The monoisotopic (exact) mass is 283 g/mol. The molecular formula is C17H21N3O. The summed E-state index contributed by atoms with van der Waals surface area (Å²) in [6, 6.07) is 7.90. The number of hydrogen-bond donors (Lipinski definition) is 1. The third-order valence-electron chi connectivity index (χ3n) is 3.44. The first-order chi connectivity index (χ1) is 10.0. The van der Waals surface area contributed by atoms with Gasteiger partial charge in [0.25, 0.3) is 5.91 Å². The molecule has 1 heterocycles. The molecule has 0 radical (unpaired) electrons. The molecule has 0 unspecified atom stereocenters. The van der Waals surface area contributed by atoms with Gasteiger partial charge in [-0.3, -0.25) is 9.78 Å². The molecule has 21 heavy (non-hydrogen) atoms. The van der Waals surface area contributed by atoms with Gasteiger partial charge in [-0.1, -0.05) is 17.7 Å². The predicted octanol–water partition coefficient (Wildman–Crippen LogP) is 3.41. The van der Waals surface area contributed by atoms with Crippen molar-refractivity contribution < 1.29 is 4.79 Å². The molecule has 110 valence electrons. The summed E-state index contributed by atoms with van der Waals surface area (Å²) in [6.07, 6.45) is 3.30. The molecule has 1 N–H and O–H groups in total. The van der Waals surface area contributed by atoms with Crippen molar-refractivity contribution in [2.75, 3.05) is 23.8 Å². The van der Waals surface area contributed by atoms with E-state index in [-0.39, 0.29) is 5.91 Å². The Bertz CT molecular complexity index is 652. The minimum atomic E-state index is -0.0639. The summed E-state index contributed by atoms with van der Waals surface area (Å²) in [7, 11) is 1.79. The van der Waals surface area contributed by atoms with Crippen LogP contribution in [0.15, 0.2) is 36.7 Å². The van der Waals surface area contributed by atoms with Gasteiger partial charge in [-0.15, -0.1) is 0 Å². The summed E-state index contributed by atoms with van der Waals surface area (Å²) in [6.45, 7) is 6.82. The molecule has 1 amide bonds. The lowest BCUT2D eigenvalue weighted by Gasteiger charge is -2.21. The number of carbonyl (C=O) groups is 1. The zero-order valence-electron chi connectivity index (χ0n) is 13.0. The third-order valence-corrected chi connectivity index (χ3v) is 3.44. The van der Waals surface area contributed by atoms with Gasteiger partial charge in [-0.2, -0.15) is 0 Å². The van der Waals surface area contributed by atoms with Gasteiger partial charge in [0, 0.05) is 31.7 Å². The van der Waals surface area contributed by atoms with E-state index >= 15 is 0 Å². The van der Waals surface area contributed by atoms with E-state index in [0.29, 0.717) is 5.56 Å². The van der Waals surface area contributed by atoms with Crippen LogP contribution in [0.2, 0.25) is 0 Å². The Morgan fingerprint density at radius 3 is 2.71 bits per heavy atom. The highest BCUT2D eigenvalue weighted by Gasteiger charge is 2.18. The van der Waals surface area contributed by atoms with Crippen molar-refractivity contribution in [2.45, 2.75) is 20.8 Å². The lowest BCUT2D eigenvalue weighted by atomic mass is 10.1. The normalized spacial score (nSPS) is 10.3. The molecule has 4 nitrogen and oxygen atoms in total. The minimum Gasteiger partial charge on any atom is -0.385 e. The van der Waals surface area contributed by atoms with Crippen LogP contribution >= 0.6 is 0 Å². The number of nitrogens with zero attached hydrogens (tertiary/aromatic N) is 2. The Morgan fingerprint density at radius 1 is 1.29 bits per heavy atom. The molecule has 0 spiro atoms. The van der Waals surface area contributed by atoms with Gasteiger partial charge in [0.1, 0.15) is 0 Å². The molecule has 0 aliphatic rings. The average Bonchev–Trinajstić information content (AvgIpc) is 2.47. The van der Waals surface area contributed by atoms with E-state index in [2.05, 4.69) is 16.4 Å². The molecule has 0 fully saturated rings. The maximum absolute atomic E-state index is 12.7. The van der Waals surface area contributed by atoms with E-state index in [4.69, 9.17) is 0 Å². The van der Waals surface area contributed by atoms with Crippen molar-refractivity contribution in [3.63, 3.8) is 0 Å². The molecule has 1 aromatic heterocycles. The van der Waals surface area contributed by atoms with Gasteiger partial charge in [0.15, 0.2) is 0 Å². The second kappa shape index (κ2) is 6.39. The van der Waals surface area contributed by atoms with Crippen LogP contribution in [-0.4, -0.2) is 24.5 Å². The number of anilines is 2. The van der Waals surface area contributed by atoms with Gasteiger partial charge >= 0.3 is 0 Å². The second-order valence-corrected chi connectivity index (χ2v) is 5.11. The summed E-state index contributed by atoms with van der Waals surface area (Å²) in [5.41, 5.74) is 4.58. The molecule has 0 atom stereocenters. The molecule has 4 heteroatoms. The summed E-state index contributed by atoms with van der Waals surface area (Å²) >= 11 is 0. The van der Waals surface area contributed by atoms with Crippen LogP contribution in [0.5, 0.6) is 0 Å². The van der Waals surface area contributed by atoms with Crippen LogP contribution in [-0.2, 0) is 0 Å². The van der Waals surface area contributed by atoms with Crippen LogP contribution in [0.3, 0.4) is 0 Å². The topological polar surface area (TPSA) is 45.2 Å². The molecular weight excluding hydrogens is 262 g/mol. The van der Waals surface area contributed by atoms with Crippen molar-refractivity contribution in [1.82, 2.24) is 4.98 Å². The Labute approximate surface area is 125 Å². The van der Waals surface area contributed by atoms with Crippen molar-refractivity contribution in [3.8, 4) is 0 Å². The minimum absolute atomic E-state index is 0.0639. The Balaban J connectivity index is 2.35. The van der Waals surface area contributed by atoms with Crippen molar-refractivity contribution in [2.24, 2.45) is 0 Å². The largest absolute Gasteiger partial charge is 0.385 e. The van der Waals surface area contributed by atoms with E-state index < -0.39 is 0 Å². The van der Waals surface area contributed by atoms with Gasteiger partial charge < -0.3 is 10.2 Å². The third kappa shape index (κ3) is 3.21. The highest BCUT2D eigenvalue weighted by atomic mass is 16.2. The molecule has 0 bridgehead atoms. The summed E-state index contributed by atoms with van der Waals surface area (Å²) in [5, 5.41) is 3.20. The number of hydrogen-bond acceptors (Lipinski definition) is 3. The van der Waals surface area contributed by atoms with E-state index in [9.17, 15) is 4.79 Å². The standard InChI is InChI=1S/C17H21N3O/c1-5-19-15-8-9-18-11-14(15)17(21)20(4)16-7-6-12(2)10-13(16)3/h6-11H,5H2,1-4H3,(H,18,19). The number of aryl methyl sites for hydroxylation is 2. The zero-order valence-corrected chi connectivity index (χ0v) is 13.0. The average molecular weight is 283 g/mol. The maximum Gasteiger partial charge on any atom is 0.261 e. The van der Waals surface area contributed by atoms with E-state index in [1.54, 1.807) is 24.3 Å². The van der Waals surface area contributed by atoms with Crippen molar-refractivity contribution in [3.05, 3.63) is 53.3 Å². The predicted molar refractivity (Wildman–Crippen MR) is 87.1 cm³/mol. The number of amides is 1. The van der Waals surface area contributed by atoms with Crippen LogP contribution in [0, 0.1) is 13.8 Å². The number of rotatable bonds is 4. The van der Waals surface area contributed by atoms with E-state index in [1.807, 2.05) is 39.0 Å². The Morgan fingerprint density at radius 2 is 2.05 bits per heavy atom. The number of carbonyl (C=O) groups excluding carboxylic acids is 1. The van der Waals surface area contributed by atoms with Crippen LogP contribution in [0.1, 0.15) is 28.4 Å². The van der Waals surface area contributed by atoms with Crippen LogP contribution in [0.25, 0.3) is 0 Å². The van der Waals surface area contributed by atoms with Crippen molar-refractivity contribution in [1.29, 1.82) is 0 Å². The lowest BCUT2D eigenvalue weighted by Crippen LogP contribution is -2.28. The van der Waals surface area contributed by atoms with E-state index in [1.165, 1.54) is 5.56 Å². The number of pyridine rings is 1. The van der Waals surface area contributed by atoms with Gasteiger partial charge in [-0.05, 0) is 38.5 Å². The smallest absolute Gasteiger partial charge is 0.261 e. The van der Waals surface area contributed by atoms with Gasteiger partial charge in [0.2, 0.25) is 0 Å². The van der Waals surface area contributed by atoms with E-state index in [0.717, 1.165) is 23.5 Å². The number of nitrogens with one attached hydrogen (secondary N) is 1. The quantitative estimate of drug-likeness (QED) is 0.935. The summed E-state index contributed by atoms with van der Waals surface area (Å²) in [4.78, 5) is 18.5. The van der Waals surface area contributed by atoms with Gasteiger partial charge in [-0.25, -0.2) is 0 Å². The fraction of sp³-hybridized carbons (Fsp3) is 0.294. The first-order valence-electron chi connectivity index (χ1n) is 7.07. The maximum atomic E-state index is 12.7. The van der Waals surface area contributed by atoms with Gasteiger partial charge in [0.05, 0.1) is 11.3 Å². The highest BCUT2D eigenvalue weighted by molar-refractivity contribution is 6.09. The zero-order chi connectivity index (χ0) is 15.4. The Hall–Kier alpha value is -2.36. The first-order valence-corrected chi connectivity index (χ1v) is 7.07. The summed E-state index contributed by atoms with van der Waals surface area (Å²) in [5.74, 6) is -0.0639. The molecule has 2 rings (SSSR count). The molecule has 0 saturated heterocycles.